The highest BCUT2D eigenvalue weighted by Gasteiger charge is 2.19. The molecule has 2 aromatic carbocycles. The predicted octanol–water partition coefficient (Wildman–Crippen LogP) is 3.72. The number of hydrogen-bond acceptors (Lipinski definition) is 8. The third-order valence-electron chi connectivity index (χ3n) is 4.08. The molecular formula is C21H18N4O4S2. The maximum absolute atomic E-state index is 12.6. The summed E-state index contributed by atoms with van der Waals surface area (Å²) < 4.78 is 30.5. The summed E-state index contributed by atoms with van der Waals surface area (Å²) in [7, 11) is -4.09. The Labute approximate surface area is 184 Å². The van der Waals surface area contributed by atoms with Crippen LogP contribution >= 0.6 is 11.3 Å². The van der Waals surface area contributed by atoms with Gasteiger partial charge in [-0.1, -0.05) is 54.2 Å². The van der Waals surface area contributed by atoms with Crippen molar-refractivity contribution in [2.24, 2.45) is 0 Å². The summed E-state index contributed by atoms with van der Waals surface area (Å²) in [6, 6.07) is 14.3. The average Bonchev–Trinajstić information content (AvgIpc) is 3.20. The first kappa shape index (κ1) is 22.1. The number of nitrogens with zero attached hydrogens (tertiary/aromatic N) is 3. The van der Waals surface area contributed by atoms with Gasteiger partial charge in [-0.15, -0.1) is 10.2 Å². The number of amides is 1. The van der Waals surface area contributed by atoms with Crippen LogP contribution in [0.3, 0.4) is 0 Å². The Kier molecular flexibility index (Phi) is 6.79. The molecule has 3 aromatic rings. The Morgan fingerprint density at radius 3 is 2.55 bits per heavy atom. The number of nitriles is 1. The fourth-order valence-corrected chi connectivity index (χ4v) is 4.09. The lowest BCUT2D eigenvalue weighted by atomic mass is 10.1. The first-order chi connectivity index (χ1) is 14.8. The maximum Gasteiger partial charge on any atom is 0.339 e. The van der Waals surface area contributed by atoms with E-state index in [0.29, 0.717) is 6.42 Å². The monoisotopic (exact) mass is 454 g/mol. The lowest BCUT2D eigenvalue weighted by molar-refractivity contribution is -0.112. The molecule has 0 fully saturated rings. The van der Waals surface area contributed by atoms with E-state index in [9.17, 15) is 18.5 Å². The molecule has 8 nitrogen and oxygen atoms in total. The SMILES string of the molecule is CCc1nnc(NC(=O)/C(C#N)=C\c2ccccc2OS(=O)(=O)c2ccc(C)cc2)s1. The van der Waals surface area contributed by atoms with E-state index in [2.05, 4.69) is 15.5 Å². The lowest BCUT2D eigenvalue weighted by Gasteiger charge is -2.10. The fourth-order valence-electron chi connectivity index (χ4n) is 2.46. The minimum atomic E-state index is -4.09. The first-order valence-electron chi connectivity index (χ1n) is 9.18. The van der Waals surface area contributed by atoms with E-state index in [1.807, 2.05) is 19.9 Å². The number of aryl methyl sites for hydroxylation is 2. The van der Waals surface area contributed by atoms with Crippen molar-refractivity contribution in [3.63, 3.8) is 0 Å². The summed E-state index contributed by atoms with van der Waals surface area (Å²) in [4.78, 5) is 12.5. The number of benzene rings is 2. The smallest absolute Gasteiger partial charge is 0.339 e. The molecule has 31 heavy (non-hydrogen) atoms. The predicted molar refractivity (Wildman–Crippen MR) is 117 cm³/mol. The van der Waals surface area contributed by atoms with Crippen molar-refractivity contribution in [3.8, 4) is 11.8 Å². The van der Waals surface area contributed by atoms with Crippen LogP contribution in [0.15, 0.2) is 59.0 Å². The van der Waals surface area contributed by atoms with Crippen LogP contribution in [0.4, 0.5) is 5.13 Å². The third kappa shape index (κ3) is 5.53. The van der Waals surface area contributed by atoms with Crippen molar-refractivity contribution >= 4 is 38.6 Å². The number of nitrogens with one attached hydrogen (secondary N) is 1. The zero-order valence-corrected chi connectivity index (χ0v) is 18.3. The molecule has 0 aliphatic heterocycles. The quantitative estimate of drug-likeness (QED) is 0.328. The van der Waals surface area contributed by atoms with E-state index in [1.54, 1.807) is 30.3 Å². The van der Waals surface area contributed by atoms with Crippen LogP contribution in [-0.4, -0.2) is 24.5 Å². The van der Waals surface area contributed by atoms with Gasteiger partial charge in [-0.25, -0.2) is 0 Å². The number of rotatable bonds is 7. The van der Waals surface area contributed by atoms with E-state index < -0.39 is 16.0 Å². The van der Waals surface area contributed by atoms with Crippen LogP contribution < -0.4 is 9.50 Å². The molecule has 0 spiro atoms. The third-order valence-corrected chi connectivity index (χ3v) is 6.31. The van der Waals surface area contributed by atoms with Crippen LogP contribution in [0, 0.1) is 18.3 Å². The van der Waals surface area contributed by atoms with Crippen molar-refractivity contribution in [2.45, 2.75) is 25.2 Å². The van der Waals surface area contributed by atoms with Gasteiger partial charge in [-0.2, -0.15) is 13.7 Å². The van der Waals surface area contributed by atoms with Gasteiger partial charge >= 0.3 is 10.1 Å². The van der Waals surface area contributed by atoms with E-state index in [4.69, 9.17) is 4.18 Å². The lowest BCUT2D eigenvalue weighted by Crippen LogP contribution is -2.13. The van der Waals surface area contributed by atoms with Gasteiger partial charge in [0.2, 0.25) is 5.13 Å². The minimum absolute atomic E-state index is 0.00173. The summed E-state index contributed by atoms with van der Waals surface area (Å²) >= 11 is 1.21. The molecule has 0 bridgehead atoms. The van der Waals surface area contributed by atoms with Gasteiger partial charge in [-0.3, -0.25) is 10.1 Å². The summed E-state index contributed by atoms with van der Waals surface area (Å²) in [6.45, 7) is 3.75. The molecule has 0 saturated carbocycles. The molecule has 0 radical (unpaired) electrons. The number of carbonyl (C=O) groups is 1. The van der Waals surface area contributed by atoms with Gasteiger partial charge < -0.3 is 4.18 Å². The number of hydrogen-bond donors (Lipinski definition) is 1. The molecular weight excluding hydrogens is 436 g/mol. The molecule has 0 aliphatic carbocycles. The summed E-state index contributed by atoms with van der Waals surface area (Å²) in [6.07, 6.45) is 1.94. The largest absolute Gasteiger partial charge is 0.378 e. The zero-order chi connectivity index (χ0) is 22.4. The van der Waals surface area contributed by atoms with Crippen molar-refractivity contribution < 1.29 is 17.4 Å². The van der Waals surface area contributed by atoms with Crippen molar-refractivity contribution in [1.29, 1.82) is 5.26 Å². The number of carbonyl (C=O) groups excluding carboxylic acids is 1. The molecule has 1 amide bonds. The van der Waals surface area contributed by atoms with Crippen molar-refractivity contribution in [1.82, 2.24) is 10.2 Å². The van der Waals surface area contributed by atoms with Gasteiger partial charge in [0.1, 0.15) is 27.3 Å². The second-order valence-corrected chi connectivity index (χ2v) is 8.98. The molecule has 3 rings (SSSR count). The molecule has 1 heterocycles. The number of para-hydroxylation sites is 1. The fraction of sp³-hybridized carbons (Fsp3) is 0.143. The van der Waals surface area contributed by atoms with Gasteiger partial charge in [0, 0.05) is 5.56 Å². The second-order valence-electron chi connectivity index (χ2n) is 6.37. The van der Waals surface area contributed by atoms with Crippen LogP contribution in [0.25, 0.3) is 6.08 Å². The molecule has 0 atom stereocenters. The maximum atomic E-state index is 12.6. The number of anilines is 1. The van der Waals surface area contributed by atoms with Gasteiger partial charge in [0.05, 0.1) is 0 Å². The summed E-state index contributed by atoms with van der Waals surface area (Å²) in [5, 5.41) is 20.7. The Bertz CT molecular complexity index is 1270. The number of aromatic nitrogens is 2. The Morgan fingerprint density at radius 1 is 1.19 bits per heavy atom. The van der Waals surface area contributed by atoms with E-state index in [1.165, 1.54) is 35.6 Å². The molecule has 1 N–H and O–H groups in total. The molecule has 10 heteroatoms. The average molecular weight is 455 g/mol. The van der Waals surface area contributed by atoms with E-state index in [0.717, 1.165) is 10.6 Å². The normalized spacial score (nSPS) is 11.6. The summed E-state index contributed by atoms with van der Waals surface area (Å²) in [5.41, 5.74) is 0.932. The van der Waals surface area contributed by atoms with Gasteiger partial charge in [0.15, 0.2) is 0 Å². The molecule has 0 aliphatic rings. The molecule has 158 valence electrons. The highest BCUT2D eigenvalue weighted by Crippen LogP contribution is 2.26. The molecule has 0 saturated heterocycles. The Morgan fingerprint density at radius 2 is 1.90 bits per heavy atom. The Hall–Kier alpha value is -3.55. The highest BCUT2D eigenvalue weighted by molar-refractivity contribution is 7.87. The Balaban J connectivity index is 1.87. The first-order valence-corrected chi connectivity index (χ1v) is 11.4. The van der Waals surface area contributed by atoms with Gasteiger partial charge in [0.25, 0.3) is 5.91 Å². The van der Waals surface area contributed by atoms with Crippen LogP contribution in [0.2, 0.25) is 0 Å². The second kappa shape index (κ2) is 9.51. The van der Waals surface area contributed by atoms with Crippen LogP contribution in [0.5, 0.6) is 5.75 Å². The van der Waals surface area contributed by atoms with Crippen LogP contribution in [-0.2, 0) is 21.3 Å². The topological polar surface area (TPSA) is 122 Å². The van der Waals surface area contributed by atoms with Crippen molar-refractivity contribution in [3.05, 3.63) is 70.2 Å². The standard InChI is InChI=1S/C21H18N4O4S2/c1-3-19-24-25-21(30-19)23-20(26)16(13-22)12-15-6-4-5-7-18(15)29-31(27,28)17-10-8-14(2)9-11-17/h4-12H,3H2,1-2H3,(H,23,25,26)/b16-12-. The van der Waals surface area contributed by atoms with Crippen molar-refractivity contribution in [2.75, 3.05) is 5.32 Å². The molecule has 0 unspecified atom stereocenters. The zero-order valence-electron chi connectivity index (χ0n) is 16.7. The van der Waals surface area contributed by atoms with E-state index >= 15 is 0 Å². The molecule has 1 aromatic heterocycles. The van der Waals surface area contributed by atoms with Crippen LogP contribution in [0.1, 0.15) is 23.1 Å². The highest BCUT2D eigenvalue weighted by atomic mass is 32.2. The van der Waals surface area contributed by atoms with E-state index in [-0.39, 0.29) is 26.9 Å². The minimum Gasteiger partial charge on any atom is -0.378 e. The summed E-state index contributed by atoms with van der Waals surface area (Å²) in [5.74, 6) is -0.690. The van der Waals surface area contributed by atoms with Gasteiger partial charge in [-0.05, 0) is 37.6 Å².